The molecule has 2 rings (SSSR count). The highest BCUT2D eigenvalue weighted by atomic mass is 79.9. The van der Waals surface area contributed by atoms with Crippen molar-refractivity contribution in [1.82, 2.24) is 20.2 Å². The van der Waals surface area contributed by atoms with E-state index in [1.54, 1.807) is 6.92 Å². The third-order valence-corrected chi connectivity index (χ3v) is 4.59. The van der Waals surface area contributed by atoms with Gasteiger partial charge in [0, 0.05) is 10.0 Å². The molecule has 23 heavy (non-hydrogen) atoms. The smallest absolute Gasteiger partial charge is 0.413 e. The van der Waals surface area contributed by atoms with E-state index in [2.05, 4.69) is 36.2 Å². The highest BCUT2D eigenvalue weighted by Gasteiger charge is 2.22. The molecule has 1 aromatic heterocycles. The second-order valence-corrected chi connectivity index (χ2v) is 6.56. The van der Waals surface area contributed by atoms with Crippen molar-refractivity contribution >= 4 is 39.7 Å². The molecule has 10 heteroatoms. The Morgan fingerprint density at radius 2 is 2.09 bits per heavy atom. The first-order valence-corrected chi connectivity index (χ1v) is 8.12. The van der Waals surface area contributed by atoms with Gasteiger partial charge in [0.2, 0.25) is 11.1 Å². The van der Waals surface area contributed by atoms with Crippen LogP contribution in [0, 0.1) is 0 Å². The van der Waals surface area contributed by atoms with Crippen LogP contribution in [0.4, 0.5) is 4.79 Å². The summed E-state index contributed by atoms with van der Waals surface area (Å²) in [4.78, 5) is 22.9. The van der Waals surface area contributed by atoms with Crippen LogP contribution < -0.4 is 11.2 Å². The standard InChI is InChI=1S/C13H14BrN5O3S/c1-7(11(20)16-13(21)22-2)23-12-18-17-10(19(12)15)8-5-3-4-6-9(8)14/h3-7H,15H2,1-2H3,(H,16,20,21)/t7-/m1/s1. The average Bonchev–Trinajstić information content (AvgIpc) is 2.88. The zero-order chi connectivity index (χ0) is 17.0. The lowest BCUT2D eigenvalue weighted by Gasteiger charge is -2.10. The van der Waals surface area contributed by atoms with Gasteiger partial charge in [0.05, 0.1) is 12.4 Å². The summed E-state index contributed by atoms with van der Waals surface area (Å²) in [6, 6.07) is 7.44. The Kier molecular flexibility index (Phi) is 5.61. The van der Waals surface area contributed by atoms with E-state index in [4.69, 9.17) is 5.84 Å². The molecule has 1 heterocycles. The van der Waals surface area contributed by atoms with Crippen LogP contribution in [0.5, 0.6) is 0 Å². The molecule has 0 bridgehead atoms. The molecule has 1 atom stereocenters. The Bertz CT molecular complexity index is 736. The molecular formula is C13H14BrN5O3S. The quantitative estimate of drug-likeness (QED) is 0.594. The average molecular weight is 400 g/mol. The minimum atomic E-state index is -0.814. The number of halogens is 1. The van der Waals surface area contributed by atoms with Gasteiger partial charge in [-0.05, 0) is 19.1 Å². The van der Waals surface area contributed by atoms with Gasteiger partial charge in [-0.3, -0.25) is 10.1 Å². The number of hydrogen-bond donors (Lipinski definition) is 2. The lowest BCUT2D eigenvalue weighted by atomic mass is 10.2. The number of rotatable bonds is 4. The molecule has 0 aliphatic rings. The summed E-state index contributed by atoms with van der Waals surface area (Å²) < 4.78 is 6.50. The van der Waals surface area contributed by atoms with Crippen molar-refractivity contribution in [2.24, 2.45) is 0 Å². The number of aromatic nitrogens is 3. The lowest BCUT2D eigenvalue weighted by Crippen LogP contribution is -2.36. The Labute approximate surface area is 144 Å². The van der Waals surface area contributed by atoms with E-state index in [-0.39, 0.29) is 0 Å². The van der Waals surface area contributed by atoms with Gasteiger partial charge >= 0.3 is 6.09 Å². The normalized spacial score (nSPS) is 11.8. The monoisotopic (exact) mass is 399 g/mol. The number of ether oxygens (including phenoxy) is 1. The highest BCUT2D eigenvalue weighted by Crippen LogP contribution is 2.29. The van der Waals surface area contributed by atoms with Gasteiger partial charge in [-0.2, -0.15) is 0 Å². The molecule has 1 aromatic carbocycles. The van der Waals surface area contributed by atoms with E-state index in [9.17, 15) is 9.59 Å². The molecule has 2 aromatic rings. The predicted molar refractivity (Wildman–Crippen MR) is 89.2 cm³/mol. The number of carbonyl (C=O) groups is 2. The summed E-state index contributed by atoms with van der Waals surface area (Å²) in [6.07, 6.45) is -0.814. The Hall–Kier alpha value is -2.07. The summed E-state index contributed by atoms with van der Waals surface area (Å²) in [5.41, 5.74) is 0.779. The molecule has 0 unspecified atom stereocenters. The fraction of sp³-hybridized carbons (Fsp3) is 0.231. The number of nitrogens with two attached hydrogens (primary N) is 1. The van der Waals surface area contributed by atoms with Gasteiger partial charge < -0.3 is 10.6 Å². The van der Waals surface area contributed by atoms with Gasteiger partial charge in [-0.25, -0.2) is 9.47 Å². The first-order valence-electron chi connectivity index (χ1n) is 6.45. The van der Waals surface area contributed by atoms with Crippen molar-refractivity contribution in [1.29, 1.82) is 0 Å². The van der Waals surface area contributed by atoms with Crippen LogP contribution in [0.25, 0.3) is 11.4 Å². The van der Waals surface area contributed by atoms with Crippen LogP contribution in [0.2, 0.25) is 0 Å². The Morgan fingerprint density at radius 3 is 2.74 bits per heavy atom. The molecule has 0 aliphatic carbocycles. The Morgan fingerprint density at radius 1 is 1.39 bits per heavy atom. The summed E-state index contributed by atoms with van der Waals surface area (Å²) in [7, 11) is 1.18. The lowest BCUT2D eigenvalue weighted by molar-refractivity contribution is -0.119. The first kappa shape index (κ1) is 17.3. The number of nitrogens with zero attached hydrogens (tertiary/aromatic N) is 3. The number of thioether (sulfide) groups is 1. The second-order valence-electron chi connectivity index (χ2n) is 4.40. The van der Waals surface area contributed by atoms with E-state index >= 15 is 0 Å². The molecule has 0 radical (unpaired) electrons. The maximum absolute atomic E-state index is 11.8. The zero-order valence-electron chi connectivity index (χ0n) is 12.3. The molecule has 3 N–H and O–H groups in total. The number of carbonyl (C=O) groups excluding carboxylic acids is 2. The van der Waals surface area contributed by atoms with Crippen molar-refractivity contribution in [2.45, 2.75) is 17.3 Å². The molecule has 122 valence electrons. The largest absolute Gasteiger partial charge is 0.453 e. The third-order valence-electron chi connectivity index (χ3n) is 2.84. The number of hydrogen-bond acceptors (Lipinski definition) is 7. The summed E-state index contributed by atoms with van der Waals surface area (Å²) in [6.45, 7) is 1.62. The van der Waals surface area contributed by atoms with Crippen molar-refractivity contribution in [3.8, 4) is 11.4 Å². The molecule has 0 fully saturated rings. The van der Waals surface area contributed by atoms with E-state index in [1.807, 2.05) is 24.3 Å². The minimum Gasteiger partial charge on any atom is -0.453 e. The van der Waals surface area contributed by atoms with Crippen LogP contribution in [0.1, 0.15) is 6.92 Å². The maximum Gasteiger partial charge on any atom is 0.413 e. The maximum atomic E-state index is 11.8. The molecule has 0 saturated carbocycles. The number of alkyl carbamates (subject to hydrolysis) is 1. The highest BCUT2D eigenvalue weighted by molar-refractivity contribution is 9.10. The van der Waals surface area contributed by atoms with Crippen LogP contribution >= 0.6 is 27.7 Å². The van der Waals surface area contributed by atoms with E-state index in [0.717, 1.165) is 21.8 Å². The minimum absolute atomic E-state index is 0.350. The number of imide groups is 1. The number of methoxy groups -OCH3 is 1. The van der Waals surface area contributed by atoms with Crippen molar-refractivity contribution < 1.29 is 14.3 Å². The number of benzene rings is 1. The summed E-state index contributed by atoms with van der Waals surface area (Å²) in [5, 5.41) is 9.88. The fourth-order valence-corrected chi connectivity index (χ4v) is 2.88. The van der Waals surface area contributed by atoms with E-state index in [0.29, 0.717) is 11.0 Å². The van der Waals surface area contributed by atoms with Crippen LogP contribution in [0.15, 0.2) is 33.9 Å². The molecule has 0 spiro atoms. The second kappa shape index (κ2) is 7.47. The van der Waals surface area contributed by atoms with Crippen LogP contribution in [-0.4, -0.2) is 39.2 Å². The van der Waals surface area contributed by atoms with Gasteiger partial charge in [0.15, 0.2) is 5.82 Å². The Balaban J connectivity index is 2.15. The summed E-state index contributed by atoms with van der Waals surface area (Å²) >= 11 is 4.51. The van der Waals surface area contributed by atoms with Crippen LogP contribution in [0.3, 0.4) is 0 Å². The molecular weight excluding hydrogens is 386 g/mol. The van der Waals surface area contributed by atoms with Crippen molar-refractivity contribution in [2.75, 3.05) is 13.0 Å². The van der Waals surface area contributed by atoms with E-state index in [1.165, 1.54) is 11.8 Å². The first-order chi connectivity index (χ1) is 10.9. The molecule has 0 aliphatic heterocycles. The fourth-order valence-electron chi connectivity index (χ4n) is 1.65. The summed E-state index contributed by atoms with van der Waals surface area (Å²) in [5.74, 6) is 5.96. The van der Waals surface area contributed by atoms with Crippen molar-refractivity contribution in [3.63, 3.8) is 0 Å². The van der Waals surface area contributed by atoms with Gasteiger partial charge in [0.1, 0.15) is 0 Å². The van der Waals surface area contributed by atoms with Crippen molar-refractivity contribution in [3.05, 3.63) is 28.7 Å². The predicted octanol–water partition coefficient (Wildman–Crippen LogP) is 1.78. The molecule has 8 nitrogen and oxygen atoms in total. The van der Waals surface area contributed by atoms with Gasteiger partial charge in [0.25, 0.3) is 0 Å². The van der Waals surface area contributed by atoms with Gasteiger partial charge in [-0.15, -0.1) is 10.2 Å². The van der Waals surface area contributed by atoms with Crippen LogP contribution in [-0.2, 0) is 9.53 Å². The van der Waals surface area contributed by atoms with E-state index < -0.39 is 17.3 Å². The topological polar surface area (TPSA) is 112 Å². The number of nitrogen functional groups attached to an aromatic ring is 1. The number of amides is 2. The van der Waals surface area contributed by atoms with Gasteiger partial charge in [-0.1, -0.05) is 39.8 Å². The third kappa shape index (κ3) is 4.02. The SMILES string of the molecule is COC(=O)NC(=O)[C@@H](C)Sc1nnc(-c2ccccc2Br)n1N. The molecule has 0 saturated heterocycles. The number of nitrogens with one attached hydrogen (secondary N) is 1. The molecule has 2 amide bonds. The zero-order valence-corrected chi connectivity index (χ0v) is 14.7.